The van der Waals surface area contributed by atoms with Gasteiger partial charge in [0.1, 0.15) is 6.10 Å². The Hall–Kier alpha value is -1.30. The van der Waals surface area contributed by atoms with E-state index in [4.69, 9.17) is 26.8 Å². The number of ether oxygens (including phenoxy) is 2. The first-order valence-corrected chi connectivity index (χ1v) is 6.53. The van der Waals surface area contributed by atoms with Gasteiger partial charge in [0.2, 0.25) is 0 Å². The van der Waals surface area contributed by atoms with Crippen LogP contribution >= 0.6 is 11.6 Å². The molecule has 5 nitrogen and oxygen atoms in total. The Morgan fingerprint density at radius 3 is 3.05 bits per heavy atom. The minimum absolute atomic E-state index is 0.0114. The maximum absolute atomic E-state index is 12.0. The Morgan fingerprint density at radius 2 is 2.42 bits per heavy atom. The van der Waals surface area contributed by atoms with Gasteiger partial charge in [-0.1, -0.05) is 11.6 Å². The van der Waals surface area contributed by atoms with Gasteiger partial charge in [-0.25, -0.2) is 0 Å². The highest BCUT2D eigenvalue weighted by molar-refractivity contribution is 6.34. The van der Waals surface area contributed by atoms with E-state index >= 15 is 0 Å². The van der Waals surface area contributed by atoms with Crippen molar-refractivity contribution in [1.82, 2.24) is 0 Å². The van der Waals surface area contributed by atoms with Crippen molar-refractivity contribution in [2.75, 3.05) is 24.3 Å². The van der Waals surface area contributed by atoms with Gasteiger partial charge in [0, 0.05) is 12.3 Å². The maximum atomic E-state index is 12.0. The molecule has 2 rings (SSSR count). The third-order valence-electron chi connectivity index (χ3n) is 2.90. The van der Waals surface area contributed by atoms with E-state index < -0.39 is 6.10 Å². The first-order chi connectivity index (χ1) is 9.06. The molecule has 1 aromatic carbocycles. The summed E-state index contributed by atoms with van der Waals surface area (Å²) in [6.07, 6.45) is 0.253. The zero-order chi connectivity index (χ0) is 13.8. The Labute approximate surface area is 117 Å². The molecule has 0 aromatic heterocycles. The molecule has 1 fully saturated rings. The van der Waals surface area contributed by atoms with Gasteiger partial charge in [-0.2, -0.15) is 0 Å². The Kier molecular flexibility index (Phi) is 4.63. The Morgan fingerprint density at radius 1 is 1.63 bits per heavy atom. The van der Waals surface area contributed by atoms with Gasteiger partial charge in [-0.05, 0) is 31.5 Å². The van der Waals surface area contributed by atoms with Crippen molar-refractivity contribution in [1.29, 1.82) is 0 Å². The molecule has 6 heteroatoms. The van der Waals surface area contributed by atoms with E-state index in [1.807, 2.05) is 0 Å². The van der Waals surface area contributed by atoms with Crippen molar-refractivity contribution in [3.8, 4) is 0 Å². The van der Waals surface area contributed by atoms with E-state index in [0.717, 1.165) is 6.42 Å². The van der Waals surface area contributed by atoms with Crippen LogP contribution < -0.4 is 11.1 Å². The zero-order valence-electron chi connectivity index (χ0n) is 10.7. The van der Waals surface area contributed by atoms with Gasteiger partial charge in [-0.15, -0.1) is 0 Å². The quantitative estimate of drug-likeness (QED) is 0.830. The molecule has 1 aliphatic heterocycles. The summed E-state index contributed by atoms with van der Waals surface area (Å²) in [5.74, 6) is -0.237. The second-order valence-electron chi connectivity index (χ2n) is 4.49. The lowest BCUT2D eigenvalue weighted by Crippen LogP contribution is -2.32. The molecule has 0 saturated carbocycles. The fourth-order valence-corrected chi connectivity index (χ4v) is 2.07. The molecule has 1 amide bonds. The van der Waals surface area contributed by atoms with Crippen molar-refractivity contribution in [3.63, 3.8) is 0 Å². The third-order valence-corrected chi connectivity index (χ3v) is 3.22. The van der Waals surface area contributed by atoms with Gasteiger partial charge in [0.15, 0.2) is 0 Å². The van der Waals surface area contributed by atoms with Crippen LogP contribution in [0.4, 0.5) is 11.4 Å². The van der Waals surface area contributed by atoms with Crippen molar-refractivity contribution in [2.45, 2.75) is 25.6 Å². The van der Waals surface area contributed by atoms with Crippen LogP contribution in [-0.4, -0.2) is 31.3 Å². The van der Waals surface area contributed by atoms with Crippen molar-refractivity contribution in [3.05, 3.63) is 23.2 Å². The van der Waals surface area contributed by atoms with E-state index in [2.05, 4.69) is 5.32 Å². The van der Waals surface area contributed by atoms with Crippen LogP contribution in [0, 0.1) is 0 Å². The van der Waals surface area contributed by atoms with Gasteiger partial charge in [0.25, 0.3) is 5.91 Å². The number of nitrogen functional groups attached to an aromatic ring is 1. The van der Waals surface area contributed by atoms with E-state index in [1.54, 1.807) is 25.1 Å². The van der Waals surface area contributed by atoms with Crippen LogP contribution in [0.5, 0.6) is 0 Å². The van der Waals surface area contributed by atoms with Crippen molar-refractivity contribution >= 4 is 28.9 Å². The normalized spacial score (nSPS) is 20.2. The summed E-state index contributed by atoms with van der Waals surface area (Å²) in [5.41, 5.74) is 6.67. The Bertz CT molecular complexity index is 461. The van der Waals surface area contributed by atoms with Gasteiger partial charge >= 0.3 is 0 Å². The number of nitrogens with two attached hydrogens (primary N) is 1. The second kappa shape index (κ2) is 6.23. The molecule has 1 heterocycles. The molecule has 2 atom stereocenters. The first kappa shape index (κ1) is 14.1. The number of benzene rings is 1. The van der Waals surface area contributed by atoms with E-state index in [1.165, 1.54) is 0 Å². The lowest BCUT2D eigenvalue weighted by molar-refractivity contribution is -0.129. The zero-order valence-corrected chi connectivity index (χ0v) is 11.4. The minimum Gasteiger partial charge on any atom is -0.399 e. The van der Waals surface area contributed by atoms with Crippen molar-refractivity contribution in [2.24, 2.45) is 0 Å². The average Bonchev–Trinajstić information content (AvgIpc) is 2.85. The number of rotatable bonds is 4. The van der Waals surface area contributed by atoms with Crippen LogP contribution in [-0.2, 0) is 14.3 Å². The minimum atomic E-state index is -0.555. The molecule has 0 spiro atoms. The molecule has 0 radical (unpaired) electrons. The third kappa shape index (κ3) is 3.83. The first-order valence-electron chi connectivity index (χ1n) is 6.15. The topological polar surface area (TPSA) is 73.6 Å². The predicted octanol–water partition coefficient (Wildman–Crippen LogP) is 2.05. The lowest BCUT2D eigenvalue weighted by Gasteiger charge is -2.17. The molecule has 1 aliphatic rings. The highest BCUT2D eigenvalue weighted by Gasteiger charge is 2.23. The van der Waals surface area contributed by atoms with Crippen molar-refractivity contribution < 1.29 is 14.3 Å². The van der Waals surface area contributed by atoms with Gasteiger partial charge in [0.05, 0.1) is 23.4 Å². The molecule has 3 N–H and O–H groups in total. The monoisotopic (exact) mass is 284 g/mol. The second-order valence-corrected chi connectivity index (χ2v) is 4.90. The average molecular weight is 285 g/mol. The van der Waals surface area contributed by atoms with E-state index in [-0.39, 0.29) is 12.0 Å². The summed E-state index contributed by atoms with van der Waals surface area (Å²) in [6.45, 7) is 2.93. The predicted molar refractivity (Wildman–Crippen MR) is 74.3 cm³/mol. The summed E-state index contributed by atoms with van der Waals surface area (Å²) in [7, 11) is 0. The van der Waals surface area contributed by atoms with Gasteiger partial charge < -0.3 is 20.5 Å². The van der Waals surface area contributed by atoms with E-state index in [9.17, 15) is 4.79 Å². The van der Waals surface area contributed by atoms with E-state index in [0.29, 0.717) is 29.6 Å². The summed E-state index contributed by atoms with van der Waals surface area (Å²) in [5, 5.41) is 3.13. The molecule has 104 valence electrons. The summed E-state index contributed by atoms with van der Waals surface area (Å²) >= 11 is 5.99. The number of amides is 1. The molecular weight excluding hydrogens is 268 g/mol. The SMILES string of the molecule is CC(OC1CCOC1)C(=O)Nc1ccc(N)cc1Cl. The summed E-state index contributed by atoms with van der Waals surface area (Å²) in [6, 6.07) is 4.94. The molecular formula is C13H17ClN2O3. The maximum Gasteiger partial charge on any atom is 0.253 e. The standard InChI is InChI=1S/C13H17ClN2O3/c1-8(19-10-4-5-18-7-10)13(17)16-12-3-2-9(15)6-11(12)14/h2-3,6,8,10H,4-5,7,15H2,1H3,(H,16,17). The largest absolute Gasteiger partial charge is 0.399 e. The van der Waals surface area contributed by atoms with Gasteiger partial charge in [-0.3, -0.25) is 4.79 Å². The number of hydrogen-bond acceptors (Lipinski definition) is 4. The smallest absolute Gasteiger partial charge is 0.253 e. The number of hydrogen-bond donors (Lipinski definition) is 2. The highest BCUT2D eigenvalue weighted by Crippen LogP contribution is 2.24. The fourth-order valence-electron chi connectivity index (χ4n) is 1.84. The molecule has 1 aromatic rings. The number of nitrogens with one attached hydrogen (secondary N) is 1. The Balaban J connectivity index is 1.92. The van der Waals surface area contributed by atoms with Crippen LogP contribution in [0.1, 0.15) is 13.3 Å². The van der Waals surface area contributed by atoms with Crippen LogP contribution in [0.15, 0.2) is 18.2 Å². The number of anilines is 2. The number of halogens is 1. The summed E-state index contributed by atoms with van der Waals surface area (Å²) < 4.78 is 10.8. The molecule has 19 heavy (non-hydrogen) atoms. The van der Waals surface area contributed by atoms with Crippen LogP contribution in [0.3, 0.4) is 0 Å². The molecule has 2 unspecified atom stereocenters. The number of carbonyl (C=O) groups excluding carboxylic acids is 1. The fraction of sp³-hybridized carbons (Fsp3) is 0.462. The van der Waals surface area contributed by atoms with Crippen LogP contribution in [0.2, 0.25) is 5.02 Å². The highest BCUT2D eigenvalue weighted by atomic mass is 35.5. The lowest BCUT2D eigenvalue weighted by atomic mass is 10.2. The van der Waals surface area contributed by atoms with Crippen LogP contribution in [0.25, 0.3) is 0 Å². The molecule has 1 saturated heterocycles. The molecule has 0 aliphatic carbocycles. The number of carbonyl (C=O) groups is 1. The molecule has 0 bridgehead atoms. The summed E-state index contributed by atoms with van der Waals surface area (Å²) in [4.78, 5) is 12.0.